The molecule has 0 bridgehead atoms. The fourth-order valence-electron chi connectivity index (χ4n) is 1.41. The number of pyridine rings is 1. The van der Waals surface area contributed by atoms with E-state index in [1.807, 2.05) is 19.4 Å². The molecule has 88 valence electrons. The van der Waals surface area contributed by atoms with Gasteiger partial charge in [0, 0.05) is 18.4 Å². The standard InChI is InChI=1S/C14H22N2/c1-11(2)14-8-13(9-16-10-14)7-5-6-12(3)15-4/h5,7-12,15H,6H2,1-4H3/b7-5+. The topological polar surface area (TPSA) is 24.9 Å². The van der Waals surface area contributed by atoms with Gasteiger partial charge in [-0.3, -0.25) is 4.98 Å². The quantitative estimate of drug-likeness (QED) is 0.821. The lowest BCUT2D eigenvalue weighted by Gasteiger charge is -2.06. The summed E-state index contributed by atoms with van der Waals surface area (Å²) in [6.07, 6.45) is 9.24. The first-order valence-electron chi connectivity index (χ1n) is 5.92. The monoisotopic (exact) mass is 218 g/mol. The first-order chi connectivity index (χ1) is 7.63. The van der Waals surface area contributed by atoms with E-state index in [0.717, 1.165) is 6.42 Å². The van der Waals surface area contributed by atoms with Gasteiger partial charge in [-0.25, -0.2) is 0 Å². The largest absolute Gasteiger partial charge is 0.317 e. The first-order valence-corrected chi connectivity index (χ1v) is 5.92. The highest BCUT2D eigenvalue weighted by Gasteiger charge is 1.99. The molecule has 16 heavy (non-hydrogen) atoms. The highest BCUT2D eigenvalue weighted by molar-refractivity contribution is 5.49. The van der Waals surface area contributed by atoms with Crippen LogP contribution in [0.4, 0.5) is 0 Å². The summed E-state index contributed by atoms with van der Waals surface area (Å²) in [5.41, 5.74) is 2.48. The molecule has 0 amide bonds. The Labute approximate surface area is 98.8 Å². The molecule has 1 atom stereocenters. The van der Waals surface area contributed by atoms with E-state index in [1.165, 1.54) is 11.1 Å². The molecule has 0 saturated heterocycles. The lowest BCUT2D eigenvalue weighted by Crippen LogP contribution is -2.19. The minimum atomic E-state index is 0.525. The molecule has 1 rings (SSSR count). The lowest BCUT2D eigenvalue weighted by atomic mass is 10.0. The van der Waals surface area contributed by atoms with Crippen LogP contribution in [0.3, 0.4) is 0 Å². The van der Waals surface area contributed by atoms with Crippen LogP contribution >= 0.6 is 0 Å². The minimum Gasteiger partial charge on any atom is -0.317 e. The highest BCUT2D eigenvalue weighted by Crippen LogP contribution is 2.14. The molecule has 1 heterocycles. The van der Waals surface area contributed by atoms with Crippen molar-refractivity contribution >= 4 is 6.08 Å². The van der Waals surface area contributed by atoms with E-state index in [-0.39, 0.29) is 0 Å². The van der Waals surface area contributed by atoms with Crippen molar-refractivity contribution in [3.05, 3.63) is 35.7 Å². The number of rotatable bonds is 5. The van der Waals surface area contributed by atoms with Crippen LogP contribution in [0.5, 0.6) is 0 Å². The molecule has 1 aromatic heterocycles. The highest BCUT2D eigenvalue weighted by atomic mass is 14.8. The fourth-order valence-corrected chi connectivity index (χ4v) is 1.41. The predicted octanol–water partition coefficient (Wildman–Crippen LogP) is 3.22. The van der Waals surface area contributed by atoms with E-state index in [0.29, 0.717) is 12.0 Å². The van der Waals surface area contributed by atoms with E-state index >= 15 is 0 Å². The van der Waals surface area contributed by atoms with Gasteiger partial charge in [-0.15, -0.1) is 0 Å². The van der Waals surface area contributed by atoms with Crippen molar-refractivity contribution in [1.82, 2.24) is 10.3 Å². The van der Waals surface area contributed by atoms with Crippen LogP contribution in [0.2, 0.25) is 0 Å². The van der Waals surface area contributed by atoms with Crippen LogP contribution < -0.4 is 5.32 Å². The van der Waals surface area contributed by atoms with E-state index in [2.05, 4.69) is 49.3 Å². The van der Waals surface area contributed by atoms with Gasteiger partial charge < -0.3 is 5.32 Å². The molecule has 0 saturated carbocycles. The SMILES string of the molecule is CNC(C)C/C=C/c1cncc(C(C)C)c1. The summed E-state index contributed by atoms with van der Waals surface area (Å²) in [5.74, 6) is 0.539. The van der Waals surface area contributed by atoms with Crippen molar-refractivity contribution < 1.29 is 0 Å². The van der Waals surface area contributed by atoms with Crippen LogP contribution in [0.25, 0.3) is 6.08 Å². The molecule has 2 heteroatoms. The third-order valence-corrected chi connectivity index (χ3v) is 2.74. The van der Waals surface area contributed by atoms with Crippen LogP contribution in [0.1, 0.15) is 44.2 Å². The van der Waals surface area contributed by atoms with Crippen LogP contribution in [0.15, 0.2) is 24.5 Å². The third kappa shape index (κ3) is 4.15. The Bertz CT molecular complexity index is 342. The molecular weight excluding hydrogens is 196 g/mol. The van der Waals surface area contributed by atoms with E-state index in [1.54, 1.807) is 0 Å². The average Bonchev–Trinajstić information content (AvgIpc) is 2.29. The molecule has 2 nitrogen and oxygen atoms in total. The summed E-state index contributed by atoms with van der Waals surface area (Å²) in [6.45, 7) is 6.55. The summed E-state index contributed by atoms with van der Waals surface area (Å²) >= 11 is 0. The number of aromatic nitrogens is 1. The molecule has 0 fully saturated rings. The Morgan fingerprint density at radius 1 is 1.31 bits per heavy atom. The summed E-state index contributed by atoms with van der Waals surface area (Å²) in [6, 6.07) is 2.73. The summed E-state index contributed by atoms with van der Waals surface area (Å²) in [4.78, 5) is 4.26. The molecule has 0 aliphatic heterocycles. The van der Waals surface area contributed by atoms with Gasteiger partial charge in [0.2, 0.25) is 0 Å². The third-order valence-electron chi connectivity index (χ3n) is 2.74. The Morgan fingerprint density at radius 3 is 2.69 bits per heavy atom. The second-order valence-electron chi connectivity index (χ2n) is 4.53. The number of hydrogen-bond acceptors (Lipinski definition) is 2. The molecule has 1 N–H and O–H groups in total. The second-order valence-corrected chi connectivity index (χ2v) is 4.53. The van der Waals surface area contributed by atoms with Crippen molar-refractivity contribution in [2.75, 3.05) is 7.05 Å². The van der Waals surface area contributed by atoms with Crippen molar-refractivity contribution in [3.63, 3.8) is 0 Å². The van der Waals surface area contributed by atoms with Crippen LogP contribution in [-0.4, -0.2) is 18.1 Å². The Morgan fingerprint density at radius 2 is 2.06 bits per heavy atom. The second kappa shape index (κ2) is 6.44. The van der Waals surface area contributed by atoms with Crippen LogP contribution in [-0.2, 0) is 0 Å². The van der Waals surface area contributed by atoms with Crippen molar-refractivity contribution in [3.8, 4) is 0 Å². The van der Waals surface area contributed by atoms with Gasteiger partial charge in [0.1, 0.15) is 0 Å². The number of nitrogens with one attached hydrogen (secondary N) is 1. The zero-order chi connectivity index (χ0) is 12.0. The molecule has 0 aliphatic carbocycles. The fraction of sp³-hybridized carbons (Fsp3) is 0.500. The van der Waals surface area contributed by atoms with Gasteiger partial charge in [-0.2, -0.15) is 0 Å². The number of nitrogens with zero attached hydrogens (tertiary/aromatic N) is 1. The lowest BCUT2D eigenvalue weighted by molar-refractivity contribution is 0.621. The van der Waals surface area contributed by atoms with Gasteiger partial charge in [0.05, 0.1) is 0 Å². The van der Waals surface area contributed by atoms with Crippen LogP contribution in [0, 0.1) is 0 Å². The van der Waals surface area contributed by atoms with Gasteiger partial charge >= 0.3 is 0 Å². The van der Waals surface area contributed by atoms with E-state index < -0.39 is 0 Å². The number of hydrogen-bond donors (Lipinski definition) is 1. The Hall–Kier alpha value is -1.15. The molecule has 0 aromatic carbocycles. The summed E-state index contributed by atoms with van der Waals surface area (Å²) < 4.78 is 0. The zero-order valence-electron chi connectivity index (χ0n) is 10.7. The summed E-state index contributed by atoms with van der Waals surface area (Å²) in [7, 11) is 1.99. The molecule has 1 unspecified atom stereocenters. The normalized spacial score (nSPS) is 13.6. The maximum absolute atomic E-state index is 4.26. The van der Waals surface area contributed by atoms with Crippen molar-refractivity contribution in [1.29, 1.82) is 0 Å². The molecule has 0 aliphatic rings. The van der Waals surface area contributed by atoms with E-state index in [4.69, 9.17) is 0 Å². The molecular formula is C14H22N2. The zero-order valence-corrected chi connectivity index (χ0v) is 10.7. The molecule has 1 aromatic rings. The first kappa shape index (κ1) is 12.9. The van der Waals surface area contributed by atoms with Crippen molar-refractivity contribution in [2.24, 2.45) is 0 Å². The Kier molecular flexibility index (Phi) is 5.20. The maximum atomic E-state index is 4.26. The Balaban J connectivity index is 2.63. The predicted molar refractivity (Wildman–Crippen MR) is 70.5 cm³/mol. The maximum Gasteiger partial charge on any atom is 0.0340 e. The molecule has 0 radical (unpaired) electrons. The smallest absolute Gasteiger partial charge is 0.0340 e. The van der Waals surface area contributed by atoms with Gasteiger partial charge in [0.15, 0.2) is 0 Å². The molecule has 0 spiro atoms. The van der Waals surface area contributed by atoms with Gasteiger partial charge in [-0.1, -0.05) is 26.0 Å². The summed E-state index contributed by atoms with van der Waals surface area (Å²) in [5, 5.41) is 3.21. The average molecular weight is 218 g/mol. The van der Waals surface area contributed by atoms with Gasteiger partial charge in [-0.05, 0) is 43.5 Å². The van der Waals surface area contributed by atoms with Crippen molar-refractivity contribution in [2.45, 2.75) is 39.2 Å². The van der Waals surface area contributed by atoms with E-state index in [9.17, 15) is 0 Å². The van der Waals surface area contributed by atoms with Gasteiger partial charge in [0.25, 0.3) is 0 Å². The minimum absolute atomic E-state index is 0.525.